The lowest BCUT2D eigenvalue weighted by Gasteiger charge is -2.15. The highest BCUT2D eigenvalue weighted by molar-refractivity contribution is 9.10. The quantitative estimate of drug-likeness (QED) is 0.645. The van der Waals surface area contributed by atoms with Crippen molar-refractivity contribution in [2.24, 2.45) is 5.73 Å². The van der Waals surface area contributed by atoms with Crippen molar-refractivity contribution in [2.45, 2.75) is 13.5 Å². The number of carbonyl (C=O) groups excluding carboxylic acids is 1. The molecule has 30 heavy (non-hydrogen) atoms. The Morgan fingerprint density at radius 2 is 2.17 bits per heavy atom. The molecule has 0 saturated carbocycles. The molecule has 1 aliphatic rings. The minimum atomic E-state index is -0.831. The van der Waals surface area contributed by atoms with E-state index in [1.807, 2.05) is 0 Å². The third-order valence-corrected chi connectivity index (χ3v) is 4.85. The number of allylic oxidation sites excluding steroid dienone is 3. The van der Waals surface area contributed by atoms with Crippen molar-refractivity contribution in [3.63, 3.8) is 0 Å². The van der Waals surface area contributed by atoms with Crippen LogP contribution in [0.5, 0.6) is 5.75 Å². The van der Waals surface area contributed by atoms with Gasteiger partial charge in [0.15, 0.2) is 5.83 Å². The van der Waals surface area contributed by atoms with Crippen LogP contribution in [0.4, 0.5) is 8.78 Å². The first kappa shape index (κ1) is 21.4. The number of pyridine rings is 1. The Labute approximate surface area is 178 Å². The molecule has 0 saturated heterocycles. The third kappa shape index (κ3) is 4.79. The Bertz CT molecular complexity index is 1210. The van der Waals surface area contributed by atoms with Crippen LogP contribution in [0, 0.1) is 6.92 Å². The minimum absolute atomic E-state index is 0.0740. The molecule has 0 atom stereocenters. The summed E-state index contributed by atoms with van der Waals surface area (Å²) in [5, 5.41) is 0. The second-order valence-corrected chi connectivity index (χ2v) is 7.02. The van der Waals surface area contributed by atoms with Crippen molar-refractivity contribution in [3.8, 4) is 5.75 Å². The van der Waals surface area contributed by atoms with Crippen molar-refractivity contribution >= 4 is 21.8 Å². The Morgan fingerprint density at radius 3 is 2.90 bits per heavy atom. The van der Waals surface area contributed by atoms with E-state index < -0.39 is 23.1 Å². The second kappa shape index (κ2) is 8.98. The largest absolute Gasteiger partial charge is 0.487 e. The van der Waals surface area contributed by atoms with Gasteiger partial charge >= 0.3 is 0 Å². The predicted octanol–water partition coefficient (Wildman–Crippen LogP) is 3.04. The van der Waals surface area contributed by atoms with E-state index in [1.54, 1.807) is 19.1 Å². The zero-order valence-corrected chi connectivity index (χ0v) is 17.2. The fourth-order valence-electron chi connectivity index (χ4n) is 2.60. The second-order valence-electron chi connectivity index (χ2n) is 6.22. The number of aryl methyl sites for hydroxylation is 1. The molecule has 154 valence electrons. The number of hydrogen-bond donors (Lipinski definition) is 1. The van der Waals surface area contributed by atoms with E-state index in [9.17, 15) is 18.4 Å². The van der Waals surface area contributed by atoms with Crippen molar-refractivity contribution < 1.29 is 18.3 Å². The summed E-state index contributed by atoms with van der Waals surface area (Å²) in [6.07, 6.45) is 4.67. The standard InChI is InChI=1S/C20H15BrF2N4O3/c1-11-7-16(30-10-12-3-2-4-13(22)8-15(12)23)17(21)20(29)27(11)9-14-5-6-25-19(26-14)18(24)28/h2-3,5-8H,9-10H2,1H3,(H2,24,28). The number of amides is 1. The maximum Gasteiger partial charge on any atom is 0.286 e. The van der Waals surface area contributed by atoms with E-state index in [0.29, 0.717) is 17.5 Å². The van der Waals surface area contributed by atoms with Crippen molar-refractivity contribution in [1.82, 2.24) is 14.5 Å². The average molecular weight is 477 g/mol. The number of halogens is 3. The highest BCUT2D eigenvalue weighted by atomic mass is 79.9. The minimum Gasteiger partial charge on any atom is -0.487 e. The summed E-state index contributed by atoms with van der Waals surface area (Å²) in [6.45, 7) is 1.54. The highest BCUT2D eigenvalue weighted by Gasteiger charge is 2.15. The number of primary amides is 1. The molecule has 1 amide bonds. The van der Waals surface area contributed by atoms with Crippen LogP contribution in [0.1, 0.15) is 22.0 Å². The lowest BCUT2D eigenvalue weighted by molar-refractivity contribution is 0.0990. The smallest absolute Gasteiger partial charge is 0.286 e. The van der Waals surface area contributed by atoms with Gasteiger partial charge in [0.25, 0.3) is 11.5 Å². The topological polar surface area (TPSA) is 100 Å². The summed E-state index contributed by atoms with van der Waals surface area (Å²) in [6, 6.07) is 3.15. The normalized spacial score (nSPS) is 13.3. The summed E-state index contributed by atoms with van der Waals surface area (Å²) < 4.78 is 34.3. The molecule has 0 aromatic carbocycles. The average Bonchev–Trinajstić information content (AvgIpc) is 2.87. The number of hydrogen-bond acceptors (Lipinski definition) is 5. The number of ether oxygens (including phenoxy) is 1. The monoisotopic (exact) mass is 476 g/mol. The number of carbonyl (C=O) groups is 1. The van der Waals surface area contributed by atoms with Crippen molar-refractivity contribution in [3.05, 3.63) is 91.6 Å². The van der Waals surface area contributed by atoms with Gasteiger partial charge in [-0.1, -0.05) is 5.73 Å². The van der Waals surface area contributed by atoms with Crippen LogP contribution < -0.4 is 16.0 Å². The van der Waals surface area contributed by atoms with E-state index >= 15 is 0 Å². The van der Waals surface area contributed by atoms with Crippen LogP contribution in [-0.4, -0.2) is 27.0 Å². The molecule has 2 heterocycles. The van der Waals surface area contributed by atoms with Crippen molar-refractivity contribution in [2.75, 3.05) is 6.61 Å². The van der Waals surface area contributed by atoms with Gasteiger partial charge in [-0.25, -0.2) is 14.4 Å². The zero-order valence-electron chi connectivity index (χ0n) is 15.7. The van der Waals surface area contributed by atoms with E-state index in [0.717, 1.165) is 0 Å². The van der Waals surface area contributed by atoms with Gasteiger partial charge in [-0.05, 0) is 41.1 Å². The molecule has 0 spiro atoms. The van der Waals surface area contributed by atoms with E-state index in [2.05, 4.69) is 31.6 Å². The number of nitrogens with two attached hydrogens (primary N) is 1. The highest BCUT2D eigenvalue weighted by Crippen LogP contribution is 2.25. The fourth-order valence-corrected chi connectivity index (χ4v) is 3.04. The molecule has 10 heteroatoms. The third-order valence-electron chi connectivity index (χ3n) is 4.12. The molecular formula is C20H15BrF2N4O3. The van der Waals surface area contributed by atoms with E-state index in [1.165, 1.54) is 22.9 Å². The summed E-state index contributed by atoms with van der Waals surface area (Å²) in [4.78, 5) is 31.8. The molecule has 0 radical (unpaired) electrons. The summed E-state index contributed by atoms with van der Waals surface area (Å²) in [5.41, 5.74) is 8.07. The summed E-state index contributed by atoms with van der Waals surface area (Å²) >= 11 is 3.20. The van der Waals surface area contributed by atoms with Crippen LogP contribution in [0.3, 0.4) is 0 Å². The Morgan fingerprint density at radius 1 is 1.40 bits per heavy atom. The zero-order chi connectivity index (χ0) is 21.8. The van der Waals surface area contributed by atoms with Crippen molar-refractivity contribution in [1.29, 1.82) is 0 Å². The van der Waals surface area contributed by atoms with Gasteiger partial charge in [0.05, 0.1) is 12.2 Å². The van der Waals surface area contributed by atoms with Gasteiger partial charge in [0.1, 0.15) is 22.7 Å². The molecule has 0 bridgehead atoms. The number of nitrogens with zero attached hydrogens (tertiary/aromatic N) is 3. The molecule has 2 aromatic rings. The molecule has 2 aromatic heterocycles. The Hall–Kier alpha value is -3.36. The van der Waals surface area contributed by atoms with Crippen LogP contribution in [0.15, 0.2) is 68.8 Å². The first-order chi connectivity index (χ1) is 14.3. The predicted molar refractivity (Wildman–Crippen MR) is 108 cm³/mol. The van der Waals surface area contributed by atoms with Gasteiger partial charge in [-0.3, -0.25) is 9.59 Å². The SMILES string of the molecule is Cc1cc(OCC2=CC=C=C(F)C=C2F)c(Br)c(=O)n1Cc1ccnc(C(N)=O)n1. The van der Waals surface area contributed by atoms with Crippen LogP contribution in [0.25, 0.3) is 0 Å². The molecule has 2 N–H and O–H groups in total. The maximum absolute atomic E-state index is 14.0. The van der Waals surface area contributed by atoms with Gasteiger partial charge < -0.3 is 15.0 Å². The molecular weight excluding hydrogens is 462 g/mol. The first-order valence-electron chi connectivity index (χ1n) is 8.59. The van der Waals surface area contributed by atoms with Gasteiger partial charge in [0, 0.05) is 29.6 Å². The van der Waals surface area contributed by atoms with Crippen LogP contribution in [-0.2, 0) is 6.54 Å². The van der Waals surface area contributed by atoms with E-state index in [-0.39, 0.29) is 34.8 Å². The molecule has 7 nitrogen and oxygen atoms in total. The van der Waals surface area contributed by atoms with Crippen LogP contribution >= 0.6 is 15.9 Å². The van der Waals surface area contributed by atoms with E-state index in [4.69, 9.17) is 10.5 Å². The lowest BCUT2D eigenvalue weighted by atomic mass is 10.2. The maximum atomic E-state index is 14.0. The van der Waals surface area contributed by atoms with Gasteiger partial charge in [-0.15, -0.1) is 0 Å². The number of aromatic nitrogens is 3. The molecule has 1 aliphatic carbocycles. The summed E-state index contributed by atoms with van der Waals surface area (Å²) in [5.74, 6) is -2.34. The first-order valence-corrected chi connectivity index (χ1v) is 9.39. The fraction of sp³-hybridized carbons (Fsp3) is 0.150. The number of rotatable bonds is 6. The molecule has 0 fully saturated rings. The summed E-state index contributed by atoms with van der Waals surface area (Å²) in [7, 11) is 0. The molecule has 3 rings (SSSR count). The molecule has 0 aliphatic heterocycles. The molecule has 0 unspecified atom stereocenters. The lowest BCUT2D eigenvalue weighted by Crippen LogP contribution is -2.25. The van der Waals surface area contributed by atoms with Gasteiger partial charge in [0.2, 0.25) is 5.82 Å². The van der Waals surface area contributed by atoms with Crippen LogP contribution in [0.2, 0.25) is 0 Å². The Balaban J connectivity index is 1.83. The Kier molecular flexibility index (Phi) is 6.39. The van der Waals surface area contributed by atoms with Gasteiger partial charge in [-0.2, -0.15) is 4.39 Å².